The number of halogens is 1. The number of nitrogens with zero attached hydrogens (tertiary/aromatic N) is 1. The van der Waals surface area contributed by atoms with Crippen molar-refractivity contribution in [2.24, 2.45) is 5.92 Å². The zero-order valence-electron chi connectivity index (χ0n) is 17.4. The van der Waals surface area contributed by atoms with Gasteiger partial charge in [-0.25, -0.2) is 4.72 Å². The summed E-state index contributed by atoms with van der Waals surface area (Å²) in [6.45, 7) is 1.60. The monoisotopic (exact) mass is 457 g/mol. The zero-order chi connectivity index (χ0) is 21.6. The van der Waals surface area contributed by atoms with E-state index in [1.807, 2.05) is 47.5 Å². The summed E-state index contributed by atoms with van der Waals surface area (Å²) in [4.78, 5) is 19.6. The van der Waals surface area contributed by atoms with Gasteiger partial charge in [0.05, 0.1) is 6.04 Å². The Morgan fingerprint density at radius 3 is 2.77 bits per heavy atom. The van der Waals surface area contributed by atoms with Crippen LogP contribution < -0.4 is 4.72 Å². The highest BCUT2D eigenvalue weighted by Crippen LogP contribution is 2.27. The van der Waals surface area contributed by atoms with E-state index in [4.69, 9.17) is 11.6 Å². The molecule has 1 amide bonds. The highest BCUT2D eigenvalue weighted by Gasteiger charge is 2.28. The molecule has 0 aliphatic carbocycles. The summed E-state index contributed by atoms with van der Waals surface area (Å²) in [5, 5.41) is 11.3. The van der Waals surface area contributed by atoms with Gasteiger partial charge in [-0.15, -0.1) is 0 Å². The molecule has 5 nitrogen and oxygen atoms in total. The van der Waals surface area contributed by atoms with E-state index in [0.717, 1.165) is 45.6 Å². The van der Waals surface area contributed by atoms with Crippen LogP contribution in [0.4, 0.5) is 0 Å². The minimum Gasteiger partial charge on any atom is -0.396 e. The maximum absolute atomic E-state index is 13.4. The lowest BCUT2D eigenvalue weighted by Crippen LogP contribution is -2.48. The molecule has 1 saturated heterocycles. The van der Waals surface area contributed by atoms with E-state index in [2.05, 4.69) is 21.8 Å². The molecule has 2 heterocycles. The third-order valence-electron chi connectivity index (χ3n) is 6.01. The van der Waals surface area contributed by atoms with Gasteiger partial charge < -0.3 is 15.0 Å². The molecule has 1 aliphatic rings. The van der Waals surface area contributed by atoms with Gasteiger partial charge in [0.15, 0.2) is 0 Å². The number of H-pyrrole nitrogens is 1. The standard InChI is InChI=1S/C24H28ClN3O2S/c25-20-5-2-1-4-18(20)8-9-22(24(30)28-14-11-17(16-29)12-15-28)27-31-23-7-3-6-21-19(23)10-13-26-21/h1-7,10,13,17,22,26-27,29H,8-9,11-12,14-16H2. The largest absolute Gasteiger partial charge is 0.396 e. The zero-order valence-corrected chi connectivity index (χ0v) is 19.0. The number of nitrogens with one attached hydrogen (secondary N) is 2. The molecule has 3 aromatic rings. The number of aliphatic hydroxyl groups excluding tert-OH is 1. The second-order valence-corrected chi connectivity index (χ2v) is 9.34. The second-order valence-electron chi connectivity index (χ2n) is 8.05. The van der Waals surface area contributed by atoms with E-state index in [-0.39, 0.29) is 18.6 Å². The highest BCUT2D eigenvalue weighted by atomic mass is 35.5. The number of carbonyl (C=O) groups excluding carboxylic acids is 1. The Morgan fingerprint density at radius 1 is 1.19 bits per heavy atom. The average molecular weight is 458 g/mol. The van der Waals surface area contributed by atoms with E-state index < -0.39 is 0 Å². The second kappa shape index (κ2) is 10.6. The van der Waals surface area contributed by atoms with E-state index >= 15 is 0 Å². The van der Waals surface area contributed by atoms with Gasteiger partial charge in [0.1, 0.15) is 0 Å². The number of carbonyl (C=O) groups is 1. The van der Waals surface area contributed by atoms with Crippen LogP contribution in [0.1, 0.15) is 24.8 Å². The number of hydrogen-bond donors (Lipinski definition) is 3. The van der Waals surface area contributed by atoms with E-state index in [1.165, 1.54) is 11.9 Å². The molecule has 3 N–H and O–H groups in total. The molecule has 2 aromatic carbocycles. The quantitative estimate of drug-likeness (QED) is 0.431. The van der Waals surface area contributed by atoms with Crippen molar-refractivity contribution >= 4 is 40.4 Å². The number of aromatic nitrogens is 1. The number of aliphatic hydroxyl groups is 1. The Hall–Kier alpha value is -1.99. The summed E-state index contributed by atoms with van der Waals surface area (Å²) < 4.78 is 3.45. The van der Waals surface area contributed by atoms with Crippen molar-refractivity contribution in [2.45, 2.75) is 36.6 Å². The summed E-state index contributed by atoms with van der Waals surface area (Å²) >= 11 is 7.85. The summed E-state index contributed by atoms with van der Waals surface area (Å²) in [6, 6.07) is 15.7. The lowest BCUT2D eigenvalue weighted by atomic mass is 9.97. The predicted molar refractivity (Wildman–Crippen MR) is 127 cm³/mol. The van der Waals surface area contributed by atoms with Crippen LogP contribution in [0.2, 0.25) is 5.02 Å². The van der Waals surface area contributed by atoms with Crippen molar-refractivity contribution in [3.8, 4) is 0 Å². The number of aromatic amines is 1. The molecule has 4 rings (SSSR count). The van der Waals surface area contributed by atoms with Gasteiger partial charge in [-0.3, -0.25) is 4.79 Å². The van der Waals surface area contributed by atoms with Gasteiger partial charge in [0.2, 0.25) is 5.91 Å². The van der Waals surface area contributed by atoms with Crippen LogP contribution in [-0.4, -0.2) is 46.6 Å². The molecule has 1 atom stereocenters. The molecule has 0 saturated carbocycles. The summed E-state index contributed by atoms with van der Waals surface area (Å²) in [7, 11) is 0. The highest BCUT2D eigenvalue weighted by molar-refractivity contribution is 7.97. The number of piperidine rings is 1. The molecule has 164 valence electrons. The lowest BCUT2D eigenvalue weighted by molar-refractivity contribution is -0.134. The van der Waals surface area contributed by atoms with Crippen molar-refractivity contribution in [3.63, 3.8) is 0 Å². The molecular weight excluding hydrogens is 430 g/mol. The van der Waals surface area contributed by atoms with Crippen molar-refractivity contribution in [2.75, 3.05) is 19.7 Å². The van der Waals surface area contributed by atoms with Crippen LogP contribution in [0.5, 0.6) is 0 Å². The van der Waals surface area contributed by atoms with Crippen LogP contribution in [0.15, 0.2) is 59.6 Å². The first-order valence-corrected chi connectivity index (χ1v) is 12.0. The molecular formula is C24H28ClN3O2S. The SMILES string of the molecule is O=C(C(CCc1ccccc1Cl)NSc1cccc2[nH]ccc12)N1CCC(CO)CC1. The summed E-state index contributed by atoms with van der Waals surface area (Å²) in [5.74, 6) is 0.427. The normalized spacial score (nSPS) is 16.0. The predicted octanol–water partition coefficient (Wildman–Crippen LogP) is 4.65. The molecule has 0 spiro atoms. The first-order chi connectivity index (χ1) is 15.2. The first kappa shape index (κ1) is 22.2. The van der Waals surface area contributed by atoms with Crippen LogP contribution in [0, 0.1) is 5.92 Å². The van der Waals surface area contributed by atoms with Gasteiger partial charge in [-0.1, -0.05) is 35.9 Å². The molecule has 7 heteroatoms. The fraction of sp³-hybridized carbons (Fsp3) is 0.375. The summed E-state index contributed by atoms with van der Waals surface area (Å²) in [5.41, 5.74) is 2.14. The smallest absolute Gasteiger partial charge is 0.240 e. The summed E-state index contributed by atoms with van der Waals surface area (Å²) in [6.07, 6.45) is 5.04. The Balaban J connectivity index is 1.47. The number of hydrogen-bond acceptors (Lipinski definition) is 4. The molecule has 1 aromatic heterocycles. The molecule has 31 heavy (non-hydrogen) atoms. The van der Waals surface area contributed by atoms with E-state index in [9.17, 15) is 9.90 Å². The number of rotatable bonds is 8. The third kappa shape index (κ3) is 5.44. The number of benzene rings is 2. The average Bonchev–Trinajstić information content (AvgIpc) is 3.29. The van der Waals surface area contributed by atoms with Gasteiger partial charge in [-0.2, -0.15) is 0 Å². The van der Waals surface area contributed by atoms with Crippen molar-refractivity contribution in [1.82, 2.24) is 14.6 Å². The van der Waals surface area contributed by atoms with Crippen LogP contribution in [0.25, 0.3) is 10.9 Å². The van der Waals surface area contributed by atoms with Gasteiger partial charge in [-0.05, 0) is 73.4 Å². The number of fused-ring (bicyclic) bond motifs is 1. The van der Waals surface area contributed by atoms with Gasteiger partial charge >= 0.3 is 0 Å². The Bertz CT molecular complexity index is 1020. The molecule has 1 unspecified atom stereocenters. The number of amides is 1. The van der Waals surface area contributed by atoms with Crippen molar-refractivity contribution in [1.29, 1.82) is 0 Å². The molecule has 1 aliphatic heterocycles. The van der Waals surface area contributed by atoms with E-state index in [0.29, 0.717) is 25.4 Å². The molecule has 0 bridgehead atoms. The number of aryl methyl sites for hydroxylation is 1. The van der Waals surface area contributed by atoms with Crippen LogP contribution >= 0.6 is 23.5 Å². The van der Waals surface area contributed by atoms with E-state index in [1.54, 1.807) is 0 Å². The minimum absolute atomic E-state index is 0.122. The molecule has 0 radical (unpaired) electrons. The van der Waals surface area contributed by atoms with Crippen LogP contribution in [-0.2, 0) is 11.2 Å². The third-order valence-corrected chi connectivity index (χ3v) is 7.36. The van der Waals surface area contributed by atoms with Gasteiger partial charge in [0.25, 0.3) is 0 Å². The topological polar surface area (TPSA) is 68.4 Å². The Morgan fingerprint density at radius 2 is 2.00 bits per heavy atom. The lowest BCUT2D eigenvalue weighted by Gasteiger charge is -2.33. The van der Waals surface area contributed by atoms with Gasteiger partial charge in [0, 0.05) is 46.7 Å². The molecule has 1 fully saturated rings. The Kier molecular flexibility index (Phi) is 7.56. The minimum atomic E-state index is -0.318. The Labute approximate surface area is 192 Å². The first-order valence-electron chi connectivity index (χ1n) is 10.8. The maximum atomic E-state index is 13.4. The van der Waals surface area contributed by atoms with Crippen molar-refractivity contribution < 1.29 is 9.90 Å². The maximum Gasteiger partial charge on any atom is 0.240 e. The fourth-order valence-corrected chi connectivity index (χ4v) is 5.22. The number of likely N-dealkylation sites (tertiary alicyclic amines) is 1. The van der Waals surface area contributed by atoms with Crippen molar-refractivity contribution in [3.05, 3.63) is 65.3 Å². The van der Waals surface area contributed by atoms with Crippen LogP contribution in [0.3, 0.4) is 0 Å². The fourth-order valence-electron chi connectivity index (χ4n) is 4.07.